The van der Waals surface area contributed by atoms with E-state index in [4.69, 9.17) is 14.2 Å². The van der Waals surface area contributed by atoms with Crippen molar-refractivity contribution in [3.05, 3.63) is 59.8 Å². The Morgan fingerprint density at radius 2 is 1.81 bits per heavy atom. The molecule has 1 fully saturated rings. The summed E-state index contributed by atoms with van der Waals surface area (Å²) in [6.07, 6.45) is 0. The van der Waals surface area contributed by atoms with Crippen molar-refractivity contribution < 1.29 is 19.0 Å². The average molecular weight is 440 g/mol. The first kappa shape index (κ1) is 21.1. The maximum Gasteiger partial charge on any atom is 0.273 e. The van der Waals surface area contributed by atoms with Crippen molar-refractivity contribution in [3.63, 3.8) is 0 Å². The van der Waals surface area contributed by atoms with E-state index in [-0.39, 0.29) is 11.3 Å². The van der Waals surface area contributed by atoms with Crippen molar-refractivity contribution in [3.8, 4) is 28.5 Å². The van der Waals surface area contributed by atoms with Gasteiger partial charge >= 0.3 is 0 Å². The van der Waals surface area contributed by atoms with Gasteiger partial charge in [0, 0.05) is 30.5 Å². The second-order valence-corrected chi connectivity index (χ2v) is 8.29. The molecule has 0 saturated carbocycles. The molecule has 0 radical (unpaired) electrons. The zero-order valence-electron chi connectivity index (χ0n) is 18.0. The number of amides is 1. The number of nitrogens with zero attached hydrogens (tertiary/aromatic N) is 3. The van der Waals surface area contributed by atoms with Crippen LogP contribution in [0.5, 0.6) is 17.2 Å². The van der Waals surface area contributed by atoms with Crippen molar-refractivity contribution in [1.29, 1.82) is 0 Å². The fraction of sp³-hybridized carbons (Fsp3) is 0.304. The van der Waals surface area contributed by atoms with Crippen LogP contribution in [-0.4, -0.2) is 54.2 Å². The van der Waals surface area contributed by atoms with Crippen LogP contribution in [0.3, 0.4) is 0 Å². The molecule has 162 valence electrons. The highest BCUT2D eigenvalue weighted by molar-refractivity contribution is 7.99. The van der Waals surface area contributed by atoms with Crippen LogP contribution in [0.2, 0.25) is 0 Å². The lowest BCUT2D eigenvalue weighted by atomic mass is 10.1. The molecule has 0 aliphatic carbocycles. The van der Waals surface area contributed by atoms with Gasteiger partial charge in [-0.2, -0.15) is 5.10 Å². The molecule has 31 heavy (non-hydrogen) atoms. The monoisotopic (exact) mass is 439 g/mol. The molecule has 7 nitrogen and oxygen atoms in total. The quantitative estimate of drug-likeness (QED) is 0.578. The third kappa shape index (κ3) is 4.07. The standard InChI is InChI=1S/C23H25N3O4S/c1-25-20(14-19(24-25)15-6-5-7-16(12-15)28-2)22(27)26-10-11-31-23(26)18-13-17(29-3)8-9-21(18)30-4/h5-9,12-14,23H,10-11H2,1-4H3. The van der Waals surface area contributed by atoms with Gasteiger partial charge in [-0.1, -0.05) is 12.1 Å². The van der Waals surface area contributed by atoms with Crippen LogP contribution in [0.4, 0.5) is 0 Å². The number of carbonyl (C=O) groups excluding carboxylic acids is 1. The van der Waals surface area contributed by atoms with Gasteiger partial charge in [-0.15, -0.1) is 11.8 Å². The highest BCUT2D eigenvalue weighted by Gasteiger charge is 2.34. The van der Waals surface area contributed by atoms with Crippen molar-refractivity contribution in [2.45, 2.75) is 5.37 Å². The third-order valence-electron chi connectivity index (χ3n) is 5.32. The van der Waals surface area contributed by atoms with E-state index in [1.54, 1.807) is 44.8 Å². The van der Waals surface area contributed by atoms with Gasteiger partial charge in [0.05, 0.1) is 27.0 Å². The number of carbonyl (C=O) groups is 1. The van der Waals surface area contributed by atoms with E-state index >= 15 is 0 Å². The Labute approximate surface area is 185 Å². The van der Waals surface area contributed by atoms with Gasteiger partial charge in [-0.25, -0.2) is 0 Å². The van der Waals surface area contributed by atoms with Gasteiger partial charge in [0.2, 0.25) is 0 Å². The van der Waals surface area contributed by atoms with Gasteiger partial charge in [0.15, 0.2) is 0 Å². The second-order valence-electron chi connectivity index (χ2n) is 7.10. The number of methoxy groups -OCH3 is 3. The molecule has 3 aromatic rings. The van der Waals surface area contributed by atoms with E-state index < -0.39 is 0 Å². The van der Waals surface area contributed by atoms with E-state index in [2.05, 4.69) is 5.10 Å². The predicted octanol–water partition coefficient (Wildman–Crippen LogP) is 4.00. The van der Waals surface area contributed by atoms with Crippen LogP contribution in [-0.2, 0) is 7.05 Å². The first-order valence-electron chi connectivity index (χ1n) is 9.88. The first-order chi connectivity index (χ1) is 15.0. The van der Waals surface area contributed by atoms with Crippen LogP contribution in [0.1, 0.15) is 21.4 Å². The van der Waals surface area contributed by atoms with Crippen molar-refractivity contribution in [2.75, 3.05) is 33.6 Å². The number of benzene rings is 2. The molecular weight excluding hydrogens is 414 g/mol. The van der Waals surface area contributed by atoms with E-state index in [0.717, 1.165) is 39.8 Å². The van der Waals surface area contributed by atoms with Crippen LogP contribution in [0.25, 0.3) is 11.3 Å². The van der Waals surface area contributed by atoms with Crippen LogP contribution in [0.15, 0.2) is 48.5 Å². The summed E-state index contributed by atoms with van der Waals surface area (Å²) >= 11 is 1.71. The summed E-state index contributed by atoms with van der Waals surface area (Å²) in [6, 6.07) is 15.2. The van der Waals surface area contributed by atoms with Crippen LogP contribution >= 0.6 is 11.8 Å². The smallest absolute Gasteiger partial charge is 0.273 e. The molecule has 1 aromatic heterocycles. The molecule has 1 aliphatic heterocycles. The summed E-state index contributed by atoms with van der Waals surface area (Å²) < 4.78 is 17.9. The van der Waals surface area contributed by atoms with Crippen molar-refractivity contribution >= 4 is 17.7 Å². The predicted molar refractivity (Wildman–Crippen MR) is 121 cm³/mol. The van der Waals surface area contributed by atoms with Gasteiger partial charge in [0.1, 0.15) is 28.3 Å². The molecule has 1 atom stereocenters. The first-order valence-corrected chi connectivity index (χ1v) is 10.9. The molecule has 4 rings (SSSR count). The Morgan fingerprint density at radius 1 is 1.03 bits per heavy atom. The number of aromatic nitrogens is 2. The molecule has 1 saturated heterocycles. The summed E-state index contributed by atoms with van der Waals surface area (Å²) in [5.74, 6) is 3.00. The summed E-state index contributed by atoms with van der Waals surface area (Å²) in [6.45, 7) is 0.647. The van der Waals surface area contributed by atoms with Crippen molar-refractivity contribution in [1.82, 2.24) is 14.7 Å². The number of thioether (sulfide) groups is 1. The van der Waals surface area contributed by atoms with Crippen molar-refractivity contribution in [2.24, 2.45) is 7.05 Å². The highest BCUT2D eigenvalue weighted by atomic mass is 32.2. The maximum absolute atomic E-state index is 13.5. The van der Waals surface area contributed by atoms with Crippen LogP contribution in [0, 0.1) is 0 Å². The fourth-order valence-corrected chi connectivity index (χ4v) is 4.98. The lowest BCUT2D eigenvalue weighted by Gasteiger charge is -2.25. The van der Waals surface area contributed by atoms with E-state index in [9.17, 15) is 4.79 Å². The minimum Gasteiger partial charge on any atom is -0.497 e. The molecule has 1 amide bonds. The Bertz CT molecular complexity index is 1100. The Hall–Kier alpha value is -3.13. The van der Waals surface area contributed by atoms with Gasteiger partial charge in [-0.3, -0.25) is 9.48 Å². The largest absolute Gasteiger partial charge is 0.497 e. The number of aryl methyl sites for hydroxylation is 1. The molecule has 8 heteroatoms. The summed E-state index contributed by atoms with van der Waals surface area (Å²) in [7, 11) is 6.69. The molecular formula is C23H25N3O4S. The average Bonchev–Trinajstić information content (AvgIpc) is 3.45. The normalized spacial score (nSPS) is 15.7. The zero-order chi connectivity index (χ0) is 22.0. The molecule has 2 heterocycles. The van der Waals surface area contributed by atoms with E-state index in [1.165, 1.54) is 0 Å². The molecule has 0 bridgehead atoms. The number of ether oxygens (including phenoxy) is 3. The Balaban J connectivity index is 1.66. The zero-order valence-corrected chi connectivity index (χ0v) is 18.8. The Kier molecular flexibility index (Phi) is 6.08. The lowest BCUT2D eigenvalue weighted by molar-refractivity contribution is 0.0748. The molecule has 2 aromatic carbocycles. The highest BCUT2D eigenvalue weighted by Crippen LogP contribution is 2.44. The summed E-state index contributed by atoms with van der Waals surface area (Å²) in [5, 5.41) is 4.41. The lowest BCUT2D eigenvalue weighted by Crippen LogP contribution is -2.32. The van der Waals surface area contributed by atoms with Gasteiger partial charge in [0.25, 0.3) is 5.91 Å². The maximum atomic E-state index is 13.5. The minimum atomic E-state index is -0.160. The number of hydrogen-bond donors (Lipinski definition) is 0. The topological polar surface area (TPSA) is 65.8 Å². The SMILES string of the molecule is COc1cccc(-c2cc(C(=O)N3CCSC3c3cc(OC)ccc3OC)n(C)n2)c1. The third-order valence-corrected chi connectivity index (χ3v) is 6.56. The Morgan fingerprint density at radius 3 is 2.55 bits per heavy atom. The fourth-order valence-electron chi connectivity index (χ4n) is 3.71. The van der Waals surface area contributed by atoms with Gasteiger partial charge < -0.3 is 19.1 Å². The van der Waals surface area contributed by atoms with E-state index in [1.807, 2.05) is 53.4 Å². The molecule has 0 N–H and O–H groups in total. The summed E-state index contributed by atoms with van der Waals surface area (Å²) in [4.78, 5) is 15.4. The van der Waals surface area contributed by atoms with Gasteiger partial charge in [-0.05, 0) is 36.4 Å². The van der Waals surface area contributed by atoms with E-state index in [0.29, 0.717) is 12.2 Å². The molecule has 1 unspecified atom stereocenters. The van der Waals surface area contributed by atoms with Crippen LogP contribution < -0.4 is 14.2 Å². The number of hydrogen-bond acceptors (Lipinski definition) is 6. The number of rotatable bonds is 6. The molecule has 1 aliphatic rings. The minimum absolute atomic E-state index is 0.0657. The second kappa shape index (κ2) is 8.93. The molecule has 0 spiro atoms. The summed E-state index contributed by atoms with van der Waals surface area (Å²) in [5.41, 5.74) is 3.09.